The Morgan fingerprint density at radius 1 is 1.41 bits per heavy atom. The molecule has 0 spiro atoms. The smallest absolute Gasteiger partial charge is 0.161 e. The molecule has 1 aromatic carbocycles. The third-order valence-electron chi connectivity index (χ3n) is 2.82. The quantitative estimate of drug-likeness (QED) is 0.896. The van der Waals surface area contributed by atoms with Gasteiger partial charge in [-0.3, -0.25) is 0 Å². The van der Waals surface area contributed by atoms with Crippen LogP contribution >= 0.6 is 11.8 Å². The van der Waals surface area contributed by atoms with E-state index >= 15 is 0 Å². The van der Waals surface area contributed by atoms with Crippen molar-refractivity contribution in [1.29, 1.82) is 0 Å². The van der Waals surface area contributed by atoms with Gasteiger partial charge in [0.25, 0.3) is 0 Å². The number of hydrogen-bond donors (Lipinski definition) is 1. The van der Waals surface area contributed by atoms with E-state index in [2.05, 4.69) is 0 Å². The third-order valence-corrected chi connectivity index (χ3v) is 4.01. The fraction of sp³-hybridized carbons (Fsp3) is 0.538. The van der Waals surface area contributed by atoms with Gasteiger partial charge in [-0.1, -0.05) is 6.07 Å². The van der Waals surface area contributed by atoms with Crippen molar-refractivity contribution >= 4 is 11.8 Å². The molecule has 4 heteroatoms. The molecule has 1 heterocycles. The second kappa shape index (κ2) is 6.17. The second-order valence-electron chi connectivity index (χ2n) is 4.10. The van der Waals surface area contributed by atoms with E-state index in [0.29, 0.717) is 5.75 Å². The minimum atomic E-state index is 0.0237. The standard InChI is InChI=1S/C13H18O3S/c1-15-13-7-10(8-14)4-5-12(13)16-11-3-2-6-17-9-11/h4-5,7,11,14H,2-3,6,8-9H2,1H3. The molecule has 94 valence electrons. The highest BCUT2D eigenvalue weighted by Gasteiger charge is 2.17. The van der Waals surface area contributed by atoms with Gasteiger partial charge in [-0.05, 0) is 36.3 Å². The lowest BCUT2D eigenvalue weighted by molar-refractivity contribution is 0.202. The highest BCUT2D eigenvalue weighted by molar-refractivity contribution is 7.99. The van der Waals surface area contributed by atoms with Crippen molar-refractivity contribution in [1.82, 2.24) is 0 Å². The Morgan fingerprint density at radius 3 is 2.94 bits per heavy atom. The molecule has 1 saturated heterocycles. The van der Waals surface area contributed by atoms with Crippen molar-refractivity contribution < 1.29 is 14.6 Å². The second-order valence-corrected chi connectivity index (χ2v) is 5.25. The Kier molecular flexibility index (Phi) is 4.57. The SMILES string of the molecule is COc1cc(CO)ccc1OC1CCCSC1. The van der Waals surface area contributed by atoms with Gasteiger partial charge in [-0.15, -0.1) is 0 Å². The zero-order valence-electron chi connectivity index (χ0n) is 10.0. The van der Waals surface area contributed by atoms with Crippen molar-refractivity contribution in [3.63, 3.8) is 0 Å². The van der Waals surface area contributed by atoms with E-state index in [1.807, 2.05) is 30.0 Å². The Balaban J connectivity index is 2.08. The maximum atomic E-state index is 9.07. The lowest BCUT2D eigenvalue weighted by atomic mass is 10.2. The molecule has 1 unspecified atom stereocenters. The van der Waals surface area contributed by atoms with Gasteiger partial charge in [-0.2, -0.15) is 11.8 Å². The maximum Gasteiger partial charge on any atom is 0.161 e. The van der Waals surface area contributed by atoms with Gasteiger partial charge >= 0.3 is 0 Å². The van der Waals surface area contributed by atoms with Crippen LogP contribution in [0.3, 0.4) is 0 Å². The highest BCUT2D eigenvalue weighted by Crippen LogP contribution is 2.31. The van der Waals surface area contributed by atoms with E-state index in [1.165, 1.54) is 12.2 Å². The summed E-state index contributed by atoms with van der Waals surface area (Å²) in [6, 6.07) is 5.57. The number of rotatable bonds is 4. The van der Waals surface area contributed by atoms with E-state index in [-0.39, 0.29) is 12.7 Å². The predicted octanol–water partition coefficient (Wildman–Crippen LogP) is 2.46. The van der Waals surface area contributed by atoms with E-state index in [9.17, 15) is 0 Å². The molecule has 1 fully saturated rings. The summed E-state index contributed by atoms with van der Waals surface area (Å²) >= 11 is 1.94. The van der Waals surface area contributed by atoms with Crippen LogP contribution in [0.4, 0.5) is 0 Å². The first-order valence-electron chi connectivity index (χ1n) is 5.85. The fourth-order valence-corrected chi connectivity index (χ4v) is 2.93. The van der Waals surface area contributed by atoms with Crippen LogP contribution < -0.4 is 9.47 Å². The Labute approximate surface area is 106 Å². The zero-order chi connectivity index (χ0) is 12.1. The van der Waals surface area contributed by atoms with Crippen molar-refractivity contribution in [3.8, 4) is 11.5 Å². The number of benzene rings is 1. The molecule has 0 saturated carbocycles. The molecule has 3 nitrogen and oxygen atoms in total. The monoisotopic (exact) mass is 254 g/mol. The van der Waals surface area contributed by atoms with Gasteiger partial charge < -0.3 is 14.6 Å². The Bertz CT molecular complexity index is 362. The summed E-state index contributed by atoms with van der Waals surface area (Å²) in [6.07, 6.45) is 2.60. The molecule has 2 rings (SSSR count). The highest BCUT2D eigenvalue weighted by atomic mass is 32.2. The van der Waals surface area contributed by atoms with Crippen LogP contribution in [0.2, 0.25) is 0 Å². The molecule has 1 aromatic rings. The molecule has 1 atom stereocenters. The molecule has 1 aliphatic heterocycles. The number of methoxy groups -OCH3 is 1. The van der Waals surface area contributed by atoms with E-state index in [1.54, 1.807) is 7.11 Å². The van der Waals surface area contributed by atoms with Crippen molar-refractivity contribution in [3.05, 3.63) is 23.8 Å². The number of aliphatic hydroxyl groups excluding tert-OH is 1. The van der Waals surface area contributed by atoms with Gasteiger partial charge in [0.2, 0.25) is 0 Å². The number of aliphatic hydroxyl groups is 1. The van der Waals surface area contributed by atoms with Crippen LogP contribution in [0, 0.1) is 0 Å². The molecule has 0 aliphatic carbocycles. The predicted molar refractivity (Wildman–Crippen MR) is 69.9 cm³/mol. The largest absolute Gasteiger partial charge is 0.493 e. The van der Waals surface area contributed by atoms with Crippen LogP contribution in [0.5, 0.6) is 11.5 Å². The van der Waals surface area contributed by atoms with Crippen LogP contribution in [-0.2, 0) is 6.61 Å². The van der Waals surface area contributed by atoms with Gasteiger partial charge in [0.1, 0.15) is 6.10 Å². The number of ether oxygens (including phenoxy) is 2. The van der Waals surface area contributed by atoms with Gasteiger partial charge in [0.15, 0.2) is 11.5 Å². The summed E-state index contributed by atoms with van der Waals surface area (Å²) in [5.74, 6) is 3.76. The van der Waals surface area contributed by atoms with Crippen LogP contribution in [-0.4, -0.2) is 29.8 Å². The van der Waals surface area contributed by atoms with Crippen LogP contribution in [0.1, 0.15) is 18.4 Å². The molecule has 0 bridgehead atoms. The fourth-order valence-electron chi connectivity index (χ4n) is 1.89. The van der Waals surface area contributed by atoms with Gasteiger partial charge in [0.05, 0.1) is 13.7 Å². The summed E-state index contributed by atoms with van der Waals surface area (Å²) in [7, 11) is 1.62. The summed E-state index contributed by atoms with van der Waals surface area (Å²) in [6.45, 7) is 0.0237. The minimum Gasteiger partial charge on any atom is -0.493 e. The summed E-state index contributed by atoms with van der Waals surface area (Å²) in [4.78, 5) is 0. The van der Waals surface area contributed by atoms with Crippen LogP contribution in [0.15, 0.2) is 18.2 Å². The summed E-state index contributed by atoms with van der Waals surface area (Å²) in [5, 5.41) is 9.07. The number of hydrogen-bond acceptors (Lipinski definition) is 4. The molecular weight excluding hydrogens is 236 g/mol. The van der Waals surface area contributed by atoms with Crippen molar-refractivity contribution in [2.75, 3.05) is 18.6 Å². The van der Waals surface area contributed by atoms with E-state index in [4.69, 9.17) is 14.6 Å². The normalized spacial score (nSPS) is 20.0. The molecular formula is C13H18O3S. The van der Waals surface area contributed by atoms with E-state index < -0.39 is 0 Å². The van der Waals surface area contributed by atoms with Gasteiger partial charge in [0, 0.05) is 5.75 Å². The first-order valence-corrected chi connectivity index (χ1v) is 7.01. The molecule has 0 radical (unpaired) electrons. The van der Waals surface area contributed by atoms with Crippen molar-refractivity contribution in [2.45, 2.75) is 25.6 Å². The van der Waals surface area contributed by atoms with Crippen LogP contribution in [0.25, 0.3) is 0 Å². The average Bonchev–Trinajstić information content (AvgIpc) is 2.40. The van der Waals surface area contributed by atoms with E-state index in [0.717, 1.165) is 23.5 Å². The maximum absolute atomic E-state index is 9.07. The molecule has 1 aliphatic rings. The number of thioether (sulfide) groups is 1. The third kappa shape index (κ3) is 3.30. The lowest BCUT2D eigenvalue weighted by Crippen LogP contribution is -2.23. The first-order chi connectivity index (χ1) is 8.33. The first kappa shape index (κ1) is 12.6. The van der Waals surface area contributed by atoms with Gasteiger partial charge in [-0.25, -0.2) is 0 Å². The molecule has 0 amide bonds. The average molecular weight is 254 g/mol. The molecule has 17 heavy (non-hydrogen) atoms. The topological polar surface area (TPSA) is 38.7 Å². The Morgan fingerprint density at radius 2 is 2.29 bits per heavy atom. The molecule has 0 aromatic heterocycles. The van der Waals surface area contributed by atoms with Crippen molar-refractivity contribution in [2.24, 2.45) is 0 Å². The summed E-state index contributed by atoms with van der Waals surface area (Å²) < 4.78 is 11.2. The minimum absolute atomic E-state index is 0.0237. The molecule has 1 N–H and O–H groups in total. The lowest BCUT2D eigenvalue weighted by Gasteiger charge is -2.23. The summed E-state index contributed by atoms with van der Waals surface area (Å²) in [5.41, 5.74) is 0.840. The Hall–Kier alpha value is -0.870. The zero-order valence-corrected chi connectivity index (χ0v) is 10.8.